The standard InChI is InChI=1S/C17H19Cl2NO3/c1-21-15-8-17(23-3)16(22-2)7-11(15)9-20-10-12-13(18)5-4-6-14(12)19/h4-8,20H,9-10H2,1-3H3. The van der Waals surface area contributed by atoms with E-state index in [0.29, 0.717) is 34.6 Å². The van der Waals surface area contributed by atoms with Crippen LogP contribution in [0.25, 0.3) is 0 Å². The van der Waals surface area contributed by atoms with E-state index in [-0.39, 0.29) is 0 Å². The van der Waals surface area contributed by atoms with E-state index in [1.165, 1.54) is 0 Å². The Kier molecular flexibility index (Phi) is 6.39. The van der Waals surface area contributed by atoms with Crippen molar-refractivity contribution in [3.63, 3.8) is 0 Å². The van der Waals surface area contributed by atoms with E-state index in [2.05, 4.69) is 5.32 Å². The zero-order chi connectivity index (χ0) is 16.8. The topological polar surface area (TPSA) is 39.7 Å². The summed E-state index contributed by atoms with van der Waals surface area (Å²) in [5, 5.41) is 4.60. The van der Waals surface area contributed by atoms with Gasteiger partial charge in [-0.2, -0.15) is 0 Å². The zero-order valence-electron chi connectivity index (χ0n) is 13.3. The molecule has 6 heteroatoms. The van der Waals surface area contributed by atoms with Gasteiger partial charge in [0, 0.05) is 40.3 Å². The summed E-state index contributed by atoms with van der Waals surface area (Å²) in [5.74, 6) is 2.00. The van der Waals surface area contributed by atoms with Gasteiger partial charge in [0.25, 0.3) is 0 Å². The van der Waals surface area contributed by atoms with E-state index in [4.69, 9.17) is 37.4 Å². The highest BCUT2D eigenvalue weighted by Gasteiger charge is 2.12. The first-order valence-corrected chi connectivity index (χ1v) is 7.78. The Hall–Kier alpha value is -1.62. The molecule has 2 aromatic carbocycles. The maximum atomic E-state index is 6.17. The van der Waals surface area contributed by atoms with E-state index in [1.807, 2.05) is 24.3 Å². The Morgan fingerprint density at radius 1 is 0.826 bits per heavy atom. The van der Waals surface area contributed by atoms with Crippen LogP contribution in [0, 0.1) is 0 Å². The molecule has 0 aromatic heterocycles. The van der Waals surface area contributed by atoms with Gasteiger partial charge < -0.3 is 19.5 Å². The monoisotopic (exact) mass is 355 g/mol. The molecule has 0 saturated heterocycles. The van der Waals surface area contributed by atoms with Gasteiger partial charge in [-0.3, -0.25) is 0 Å². The van der Waals surface area contributed by atoms with Crippen molar-refractivity contribution in [1.29, 1.82) is 0 Å². The summed E-state index contributed by atoms with van der Waals surface area (Å²) in [6.07, 6.45) is 0. The molecule has 4 nitrogen and oxygen atoms in total. The number of rotatable bonds is 7. The minimum atomic E-state index is 0.552. The zero-order valence-corrected chi connectivity index (χ0v) is 14.8. The van der Waals surface area contributed by atoms with Gasteiger partial charge in [-0.25, -0.2) is 0 Å². The predicted molar refractivity (Wildman–Crippen MR) is 93.1 cm³/mol. The Balaban J connectivity index is 2.14. The Morgan fingerprint density at radius 3 is 1.96 bits per heavy atom. The second kappa shape index (κ2) is 8.29. The first kappa shape index (κ1) is 17.7. The molecule has 124 valence electrons. The first-order valence-electron chi connectivity index (χ1n) is 7.03. The van der Waals surface area contributed by atoms with Crippen LogP contribution in [0.3, 0.4) is 0 Å². The van der Waals surface area contributed by atoms with Crippen LogP contribution in [-0.4, -0.2) is 21.3 Å². The third-order valence-corrected chi connectivity index (χ3v) is 4.17. The summed E-state index contributed by atoms with van der Waals surface area (Å²) >= 11 is 12.3. The van der Waals surface area contributed by atoms with Crippen molar-refractivity contribution in [3.8, 4) is 17.2 Å². The lowest BCUT2D eigenvalue weighted by Gasteiger charge is -2.15. The highest BCUT2D eigenvalue weighted by Crippen LogP contribution is 2.34. The maximum absolute atomic E-state index is 6.17. The number of nitrogens with one attached hydrogen (secondary N) is 1. The molecule has 0 radical (unpaired) electrons. The molecule has 0 atom stereocenters. The minimum absolute atomic E-state index is 0.552. The molecule has 0 heterocycles. The summed E-state index contributed by atoms with van der Waals surface area (Å²) in [7, 11) is 4.81. The number of hydrogen-bond donors (Lipinski definition) is 1. The summed E-state index contributed by atoms with van der Waals surface area (Å²) < 4.78 is 16.0. The van der Waals surface area contributed by atoms with E-state index in [1.54, 1.807) is 27.4 Å². The van der Waals surface area contributed by atoms with E-state index >= 15 is 0 Å². The van der Waals surface area contributed by atoms with Gasteiger partial charge in [0.2, 0.25) is 0 Å². The summed E-state index contributed by atoms with van der Waals surface area (Å²) in [4.78, 5) is 0. The van der Waals surface area contributed by atoms with Gasteiger partial charge in [-0.15, -0.1) is 0 Å². The average molecular weight is 356 g/mol. The van der Waals surface area contributed by atoms with Crippen molar-refractivity contribution in [2.75, 3.05) is 21.3 Å². The minimum Gasteiger partial charge on any atom is -0.496 e. The molecule has 0 fully saturated rings. The number of hydrogen-bond acceptors (Lipinski definition) is 4. The molecule has 1 N–H and O–H groups in total. The molecule has 2 rings (SSSR count). The van der Waals surface area contributed by atoms with Gasteiger partial charge in [0.05, 0.1) is 21.3 Å². The lowest BCUT2D eigenvalue weighted by atomic mass is 10.1. The molecule has 0 aliphatic carbocycles. The predicted octanol–water partition coefficient (Wildman–Crippen LogP) is 4.31. The van der Waals surface area contributed by atoms with Crippen molar-refractivity contribution < 1.29 is 14.2 Å². The summed E-state index contributed by atoms with van der Waals surface area (Å²) in [5.41, 5.74) is 1.82. The second-order valence-electron chi connectivity index (χ2n) is 4.82. The molecule has 0 amide bonds. The molecular weight excluding hydrogens is 337 g/mol. The highest BCUT2D eigenvalue weighted by molar-refractivity contribution is 6.35. The fraction of sp³-hybridized carbons (Fsp3) is 0.294. The Labute approximate surface area is 146 Å². The molecule has 0 bridgehead atoms. The summed E-state index contributed by atoms with van der Waals surface area (Å²) in [6, 6.07) is 9.16. The van der Waals surface area contributed by atoms with Crippen LogP contribution in [0.2, 0.25) is 10.0 Å². The van der Waals surface area contributed by atoms with Crippen molar-refractivity contribution in [2.24, 2.45) is 0 Å². The third kappa shape index (κ3) is 4.22. The van der Waals surface area contributed by atoms with Crippen molar-refractivity contribution in [3.05, 3.63) is 51.5 Å². The van der Waals surface area contributed by atoms with Crippen LogP contribution < -0.4 is 19.5 Å². The van der Waals surface area contributed by atoms with Crippen LogP contribution in [-0.2, 0) is 13.1 Å². The molecule has 0 saturated carbocycles. The van der Waals surface area contributed by atoms with Crippen LogP contribution in [0.15, 0.2) is 30.3 Å². The van der Waals surface area contributed by atoms with Gasteiger partial charge >= 0.3 is 0 Å². The number of ether oxygens (including phenoxy) is 3. The van der Waals surface area contributed by atoms with Crippen LogP contribution in [0.4, 0.5) is 0 Å². The highest BCUT2D eigenvalue weighted by atomic mass is 35.5. The van der Waals surface area contributed by atoms with Crippen LogP contribution >= 0.6 is 23.2 Å². The molecule has 23 heavy (non-hydrogen) atoms. The number of methoxy groups -OCH3 is 3. The quantitative estimate of drug-likeness (QED) is 0.803. The molecule has 0 aliphatic rings. The van der Waals surface area contributed by atoms with E-state index in [0.717, 1.165) is 16.9 Å². The van der Waals surface area contributed by atoms with E-state index in [9.17, 15) is 0 Å². The Bertz CT molecular complexity index is 657. The molecular formula is C17H19Cl2NO3. The summed E-state index contributed by atoms with van der Waals surface area (Å²) in [6.45, 7) is 1.13. The SMILES string of the molecule is COc1cc(OC)c(OC)cc1CNCc1c(Cl)cccc1Cl. The van der Waals surface area contributed by atoms with Gasteiger partial charge in [-0.05, 0) is 18.2 Å². The number of benzene rings is 2. The van der Waals surface area contributed by atoms with Crippen LogP contribution in [0.5, 0.6) is 17.2 Å². The van der Waals surface area contributed by atoms with Gasteiger partial charge in [0.15, 0.2) is 11.5 Å². The maximum Gasteiger partial charge on any atom is 0.164 e. The lowest BCUT2D eigenvalue weighted by molar-refractivity contribution is 0.347. The van der Waals surface area contributed by atoms with Crippen LogP contribution in [0.1, 0.15) is 11.1 Å². The third-order valence-electron chi connectivity index (χ3n) is 3.47. The lowest BCUT2D eigenvalue weighted by Crippen LogP contribution is -2.14. The van der Waals surface area contributed by atoms with Crippen molar-refractivity contribution in [1.82, 2.24) is 5.32 Å². The molecule has 0 aliphatic heterocycles. The van der Waals surface area contributed by atoms with E-state index < -0.39 is 0 Å². The van der Waals surface area contributed by atoms with Crippen molar-refractivity contribution in [2.45, 2.75) is 13.1 Å². The van der Waals surface area contributed by atoms with Gasteiger partial charge in [-0.1, -0.05) is 29.3 Å². The fourth-order valence-electron chi connectivity index (χ4n) is 2.25. The van der Waals surface area contributed by atoms with Crippen molar-refractivity contribution >= 4 is 23.2 Å². The smallest absolute Gasteiger partial charge is 0.164 e. The van der Waals surface area contributed by atoms with Gasteiger partial charge in [0.1, 0.15) is 5.75 Å². The fourth-order valence-corrected chi connectivity index (χ4v) is 2.79. The molecule has 2 aromatic rings. The molecule has 0 unspecified atom stereocenters. The number of halogens is 2. The largest absolute Gasteiger partial charge is 0.496 e. The molecule has 0 spiro atoms. The normalized spacial score (nSPS) is 10.5. The first-order chi connectivity index (χ1) is 11.1. The Morgan fingerprint density at radius 2 is 1.39 bits per heavy atom. The second-order valence-corrected chi connectivity index (χ2v) is 5.64. The average Bonchev–Trinajstić information content (AvgIpc) is 2.56.